The molecule has 2 aromatic carbocycles. The van der Waals surface area contributed by atoms with E-state index in [4.69, 9.17) is 9.47 Å². The Bertz CT molecular complexity index is 913. The Labute approximate surface area is 182 Å². The molecule has 6 nitrogen and oxygen atoms in total. The van der Waals surface area contributed by atoms with Gasteiger partial charge in [0, 0.05) is 12.0 Å². The van der Waals surface area contributed by atoms with Gasteiger partial charge < -0.3 is 24.6 Å². The van der Waals surface area contributed by atoms with Crippen LogP contribution in [-0.4, -0.2) is 45.4 Å². The van der Waals surface area contributed by atoms with Crippen LogP contribution in [0.15, 0.2) is 42.5 Å². The summed E-state index contributed by atoms with van der Waals surface area (Å²) < 4.78 is 25.2. The standard InChI is InChI=1S/C24H30FN3O3/c1-17(2)13-24(29)26-15-21(18-7-8-22-23(14-18)31-16-30-22)28-11-9-27(10-12-28)20-6-4-3-5-19(20)25/h3-8,14,17,21H,9-13,15-16H2,1-2H3,(H,26,29)/p+1/t21-/m1/s1. The predicted octanol–water partition coefficient (Wildman–Crippen LogP) is 2.16. The number of fused-ring (bicyclic) bond motifs is 1. The summed E-state index contributed by atoms with van der Waals surface area (Å²) in [5.41, 5.74) is 1.77. The zero-order valence-electron chi connectivity index (χ0n) is 18.2. The molecule has 166 valence electrons. The lowest BCUT2D eigenvalue weighted by molar-refractivity contribution is -0.931. The van der Waals surface area contributed by atoms with Gasteiger partial charge in [-0.05, 0) is 36.2 Å². The predicted molar refractivity (Wildman–Crippen MR) is 117 cm³/mol. The first-order chi connectivity index (χ1) is 15.0. The van der Waals surface area contributed by atoms with Gasteiger partial charge >= 0.3 is 0 Å². The monoisotopic (exact) mass is 428 g/mol. The lowest BCUT2D eigenvalue weighted by Crippen LogP contribution is -3.15. The highest BCUT2D eigenvalue weighted by Gasteiger charge is 2.31. The van der Waals surface area contributed by atoms with Crippen molar-refractivity contribution in [2.45, 2.75) is 26.3 Å². The van der Waals surface area contributed by atoms with E-state index in [1.165, 1.54) is 11.0 Å². The molecule has 0 aliphatic carbocycles. The van der Waals surface area contributed by atoms with Crippen molar-refractivity contribution in [2.24, 2.45) is 5.92 Å². The second-order valence-corrected chi connectivity index (χ2v) is 8.66. The number of hydrogen-bond acceptors (Lipinski definition) is 4. The Morgan fingerprint density at radius 3 is 2.61 bits per heavy atom. The molecule has 2 N–H and O–H groups in total. The molecule has 2 aliphatic rings. The van der Waals surface area contributed by atoms with E-state index in [1.54, 1.807) is 6.07 Å². The van der Waals surface area contributed by atoms with Gasteiger partial charge in [-0.3, -0.25) is 4.79 Å². The molecule has 2 heterocycles. The van der Waals surface area contributed by atoms with Gasteiger partial charge in [-0.25, -0.2) is 4.39 Å². The van der Waals surface area contributed by atoms with Crippen molar-refractivity contribution in [1.29, 1.82) is 0 Å². The Kier molecular flexibility index (Phi) is 6.61. The topological polar surface area (TPSA) is 55.2 Å². The summed E-state index contributed by atoms with van der Waals surface area (Å²) >= 11 is 0. The van der Waals surface area contributed by atoms with Crippen LogP contribution in [0.2, 0.25) is 0 Å². The van der Waals surface area contributed by atoms with Crippen molar-refractivity contribution < 1.29 is 23.6 Å². The molecule has 4 rings (SSSR count). The maximum absolute atomic E-state index is 14.2. The number of nitrogens with zero attached hydrogens (tertiary/aromatic N) is 1. The fourth-order valence-electron chi connectivity index (χ4n) is 4.38. The fourth-order valence-corrected chi connectivity index (χ4v) is 4.38. The number of anilines is 1. The first-order valence-electron chi connectivity index (χ1n) is 11.0. The number of benzene rings is 2. The molecular weight excluding hydrogens is 397 g/mol. The van der Waals surface area contributed by atoms with Gasteiger partial charge in [0.25, 0.3) is 0 Å². The zero-order valence-corrected chi connectivity index (χ0v) is 18.2. The van der Waals surface area contributed by atoms with Crippen molar-refractivity contribution >= 4 is 11.6 Å². The van der Waals surface area contributed by atoms with Crippen LogP contribution in [0.25, 0.3) is 0 Å². The summed E-state index contributed by atoms with van der Waals surface area (Å²) in [6.07, 6.45) is 0.518. The zero-order chi connectivity index (χ0) is 21.8. The molecule has 0 spiro atoms. The average molecular weight is 429 g/mol. The molecule has 2 aromatic rings. The highest BCUT2D eigenvalue weighted by Crippen LogP contribution is 2.33. The lowest BCUT2D eigenvalue weighted by atomic mass is 10.0. The van der Waals surface area contributed by atoms with Crippen molar-refractivity contribution in [3.8, 4) is 11.5 Å². The molecule has 1 saturated heterocycles. The van der Waals surface area contributed by atoms with E-state index in [9.17, 15) is 9.18 Å². The van der Waals surface area contributed by atoms with E-state index in [-0.39, 0.29) is 24.6 Å². The van der Waals surface area contributed by atoms with E-state index in [0.29, 0.717) is 24.6 Å². The molecule has 0 bridgehead atoms. The van der Waals surface area contributed by atoms with Crippen molar-refractivity contribution in [2.75, 3.05) is 44.4 Å². The number of amides is 1. The fraction of sp³-hybridized carbons (Fsp3) is 0.458. The number of piperazine rings is 1. The van der Waals surface area contributed by atoms with Gasteiger partial charge in [-0.1, -0.05) is 26.0 Å². The van der Waals surface area contributed by atoms with Crippen LogP contribution in [0.4, 0.5) is 10.1 Å². The Morgan fingerprint density at radius 1 is 1.13 bits per heavy atom. The maximum Gasteiger partial charge on any atom is 0.231 e. The largest absolute Gasteiger partial charge is 0.454 e. The minimum atomic E-state index is -0.181. The normalized spacial score (nSPS) is 17.1. The Morgan fingerprint density at radius 2 is 1.87 bits per heavy atom. The van der Waals surface area contributed by atoms with Crippen molar-refractivity contribution in [3.05, 3.63) is 53.8 Å². The van der Waals surface area contributed by atoms with E-state index in [2.05, 4.69) is 16.3 Å². The number of carbonyl (C=O) groups is 1. The summed E-state index contributed by atoms with van der Waals surface area (Å²) in [4.78, 5) is 15.8. The van der Waals surface area contributed by atoms with E-state index in [1.807, 2.05) is 38.1 Å². The smallest absolute Gasteiger partial charge is 0.231 e. The number of carbonyl (C=O) groups excluding carboxylic acids is 1. The van der Waals surface area contributed by atoms with Gasteiger partial charge in [0.2, 0.25) is 12.7 Å². The van der Waals surface area contributed by atoms with Crippen LogP contribution in [-0.2, 0) is 4.79 Å². The van der Waals surface area contributed by atoms with Gasteiger partial charge in [0.1, 0.15) is 11.9 Å². The first-order valence-corrected chi connectivity index (χ1v) is 11.0. The first kappa shape index (κ1) is 21.4. The molecule has 1 amide bonds. The van der Waals surface area contributed by atoms with Crippen LogP contribution in [0.1, 0.15) is 31.9 Å². The third kappa shape index (κ3) is 5.10. The number of nitrogens with one attached hydrogen (secondary N) is 2. The number of hydrogen-bond donors (Lipinski definition) is 2. The number of rotatable bonds is 7. The molecule has 7 heteroatoms. The molecule has 1 atom stereocenters. The summed E-state index contributed by atoms with van der Waals surface area (Å²) in [5.74, 6) is 1.72. The number of para-hydroxylation sites is 1. The van der Waals surface area contributed by atoms with Gasteiger partial charge in [-0.15, -0.1) is 0 Å². The average Bonchev–Trinajstić information content (AvgIpc) is 3.22. The summed E-state index contributed by atoms with van der Waals surface area (Å²) in [5, 5.41) is 3.12. The Hall–Kier alpha value is -2.80. The van der Waals surface area contributed by atoms with Crippen molar-refractivity contribution in [1.82, 2.24) is 5.32 Å². The minimum absolute atomic E-state index is 0.0742. The third-order valence-electron chi connectivity index (χ3n) is 5.99. The minimum Gasteiger partial charge on any atom is -0.454 e. The van der Waals surface area contributed by atoms with Crippen LogP contribution < -0.4 is 24.6 Å². The molecule has 0 aromatic heterocycles. The van der Waals surface area contributed by atoms with E-state index < -0.39 is 0 Å². The summed E-state index contributed by atoms with van der Waals surface area (Å²) in [7, 11) is 0. The second kappa shape index (κ2) is 9.56. The van der Waals surface area contributed by atoms with Gasteiger partial charge in [-0.2, -0.15) is 0 Å². The lowest BCUT2D eigenvalue weighted by Gasteiger charge is -2.38. The van der Waals surface area contributed by atoms with Gasteiger partial charge in [0.15, 0.2) is 11.5 Å². The van der Waals surface area contributed by atoms with E-state index >= 15 is 0 Å². The van der Waals surface area contributed by atoms with Crippen LogP contribution >= 0.6 is 0 Å². The van der Waals surface area contributed by atoms with Crippen LogP contribution in [0, 0.1) is 11.7 Å². The molecule has 1 fully saturated rings. The summed E-state index contributed by atoms with van der Waals surface area (Å²) in [6, 6.07) is 13.0. The second-order valence-electron chi connectivity index (χ2n) is 8.66. The molecule has 2 aliphatic heterocycles. The highest BCUT2D eigenvalue weighted by atomic mass is 19.1. The number of halogens is 1. The van der Waals surface area contributed by atoms with Crippen LogP contribution in [0.3, 0.4) is 0 Å². The molecular formula is C24H31FN3O3+. The molecule has 0 unspecified atom stereocenters. The van der Waals surface area contributed by atoms with Gasteiger partial charge in [0.05, 0.1) is 38.4 Å². The van der Waals surface area contributed by atoms with Crippen LogP contribution in [0.5, 0.6) is 11.5 Å². The maximum atomic E-state index is 14.2. The molecule has 31 heavy (non-hydrogen) atoms. The molecule has 0 radical (unpaired) electrons. The number of ether oxygens (including phenoxy) is 2. The molecule has 0 saturated carbocycles. The number of quaternary nitrogens is 1. The van der Waals surface area contributed by atoms with E-state index in [0.717, 1.165) is 43.2 Å². The SMILES string of the molecule is CC(C)CC(=O)NC[C@H](c1ccc2c(c1)OCO2)[NH+]1CCN(c2ccccc2F)CC1. The quantitative estimate of drug-likeness (QED) is 0.710. The summed E-state index contributed by atoms with van der Waals surface area (Å²) in [6.45, 7) is 8.11. The third-order valence-corrected chi connectivity index (χ3v) is 5.99. The van der Waals surface area contributed by atoms with Crippen molar-refractivity contribution in [3.63, 3.8) is 0 Å². The Balaban J connectivity index is 1.48. The highest BCUT2D eigenvalue weighted by molar-refractivity contribution is 5.76.